The first-order valence-corrected chi connectivity index (χ1v) is 14.5. The number of aromatic nitrogens is 1. The monoisotopic (exact) mass is 556 g/mol. The summed E-state index contributed by atoms with van der Waals surface area (Å²) in [6.45, 7) is 0.512. The zero-order valence-corrected chi connectivity index (χ0v) is 23.4. The fourth-order valence-electron chi connectivity index (χ4n) is 5.66. The number of fused-ring (bicyclic) bond motifs is 3. The third kappa shape index (κ3) is 4.81. The molecule has 1 atom stereocenters. The van der Waals surface area contributed by atoms with E-state index in [0.29, 0.717) is 11.1 Å². The molecule has 6 heteroatoms. The fourth-order valence-corrected chi connectivity index (χ4v) is 6.66. The molecule has 1 aromatic heterocycles. The molecule has 0 saturated heterocycles. The normalized spacial score (nSPS) is 15.9. The van der Waals surface area contributed by atoms with Gasteiger partial charge in [-0.3, -0.25) is 9.36 Å². The molecule has 0 amide bonds. The van der Waals surface area contributed by atoms with Gasteiger partial charge in [-0.1, -0.05) is 90.2 Å². The topological polar surface area (TPSA) is 52.8 Å². The van der Waals surface area contributed by atoms with Crippen molar-refractivity contribution in [2.45, 2.75) is 25.5 Å². The fraction of sp³-hybridized carbons (Fsp3) is 0.143. The molecule has 0 N–H and O–H groups in total. The van der Waals surface area contributed by atoms with Crippen molar-refractivity contribution in [1.82, 2.24) is 4.57 Å². The summed E-state index contributed by atoms with van der Waals surface area (Å²) in [5.74, 6) is 1.58. The van der Waals surface area contributed by atoms with E-state index in [9.17, 15) is 4.79 Å². The Kier molecular flexibility index (Phi) is 6.61. The van der Waals surface area contributed by atoms with Crippen LogP contribution in [0.5, 0.6) is 11.5 Å². The summed E-state index contributed by atoms with van der Waals surface area (Å²) in [5, 5.41) is 0. The van der Waals surface area contributed by atoms with Gasteiger partial charge in [0.05, 0.1) is 23.4 Å². The Labute approximate surface area is 242 Å². The standard InChI is InChI=1S/C35H28N2O3S/c1-39-27-18-13-26(14-19-27)33-30-20-15-25-9-5-6-10-29(25)32(30)36-35-37(33)34(38)31(41-35)21-23-11-16-28(17-12-23)40-22-24-7-3-2-4-8-24/h2-14,16-19,21,33H,15,20,22H2,1H3/b31-21-/t33-/m0/s1. The Balaban J connectivity index is 1.29. The first-order valence-electron chi connectivity index (χ1n) is 13.7. The van der Waals surface area contributed by atoms with E-state index >= 15 is 0 Å². The van der Waals surface area contributed by atoms with Crippen LogP contribution in [-0.4, -0.2) is 11.7 Å². The average Bonchev–Trinajstić information content (AvgIpc) is 3.34. The molecular formula is C35H28N2O3S. The smallest absolute Gasteiger partial charge is 0.271 e. The lowest BCUT2D eigenvalue weighted by atomic mass is 9.83. The van der Waals surface area contributed by atoms with Gasteiger partial charge >= 0.3 is 0 Å². The molecule has 0 fully saturated rings. The number of rotatable bonds is 6. The van der Waals surface area contributed by atoms with E-state index in [-0.39, 0.29) is 11.6 Å². The first-order chi connectivity index (χ1) is 20.2. The van der Waals surface area contributed by atoms with Crippen molar-refractivity contribution in [3.05, 3.63) is 156 Å². The number of benzene rings is 4. The van der Waals surface area contributed by atoms with E-state index in [0.717, 1.165) is 57.1 Å². The van der Waals surface area contributed by atoms with Crippen molar-refractivity contribution in [3.8, 4) is 11.5 Å². The number of thiazole rings is 1. The first kappa shape index (κ1) is 25.3. The summed E-state index contributed by atoms with van der Waals surface area (Å²) >= 11 is 1.44. The Morgan fingerprint density at radius 2 is 1.61 bits per heavy atom. The summed E-state index contributed by atoms with van der Waals surface area (Å²) in [4.78, 5) is 19.8. The lowest BCUT2D eigenvalue weighted by Crippen LogP contribution is -2.38. The summed E-state index contributed by atoms with van der Waals surface area (Å²) in [6.07, 6.45) is 3.74. The largest absolute Gasteiger partial charge is 0.497 e. The van der Waals surface area contributed by atoms with Gasteiger partial charge in [0.25, 0.3) is 5.56 Å². The lowest BCUT2D eigenvalue weighted by molar-refractivity contribution is 0.306. The highest BCUT2D eigenvalue weighted by Gasteiger charge is 2.32. The van der Waals surface area contributed by atoms with Crippen molar-refractivity contribution >= 4 is 23.1 Å². The quantitative estimate of drug-likeness (QED) is 0.262. The minimum absolute atomic E-state index is 0.0237. The molecule has 1 aliphatic heterocycles. The Hall–Kier alpha value is -4.68. The number of allylic oxidation sites excluding steroid dienone is 1. The van der Waals surface area contributed by atoms with E-state index in [2.05, 4.69) is 36.4 Å². The maximum atomic E-state index is 14.0. The molecule has 202 valence electrons. The van der Waals surface area contributed by atoms with Crippen LogP contribution < -0.4 is 24.4 Å². The van der Waals surface area contributed by atoms with E-state index in [1.807, 2.05) is 77.4 Å². The van der Waals surface area contributed by atoms with Gasteiger partial charge in [-0.15, -0.1) is 0 Å². The van der Waals surface area contributed by atoms with Crippen LogP contribution in [0.25, 0.3) is 11.8 Å². The van der Waals surface area contributed by atoms with E-state index in [1.165, 1.54) is 22.5 Å². The molecule has 0 saturated carbocycles. The van der Waals surface area contributed by atoms with Gasteiger partial charge in [0, 0.05) is 5.56 Å². The van der Waals surface area contributed by atoms with Crippen LogP contribution in [0, 0.1) is 0 Å². The van der Waals surface area contributed by atoms with Crippen LogP contribution in [-0.2, 0) is 13.0 Å². The molecule has 41 heavy (non-hydrogen) atoms. The SMILES string of the molecule is COc1ccc([C@H]2C3=C(N=c4s/c(=C\c5ccc(OCc6ccccc6)cc5)c(=O)n42)c2ccccc2CC3)cc1. The number of nitrogens with zero attached hydrogens (tertiary/aromatic N) is 2. The molecular weight excluding hydrogens is 528 g/mol. The molecule has 0 unspecified atom stereocenters. The highest BCUT2D eigenvalue weighted by atomic mass is 32.1. The van der Waals surface area contributed by atoms with Crippen molar-refractivity contribution < 1.29 is 9.47 Å². The molecule has 1 aliphatic carbocycles. The maximum absolute atomic E-state index is 14.0. The van der Waals surface area contributed by atoms with Crippen molar-refractivity contribution in [3.63, 3.8) is 0 Å². The molecule has 5 nitrogen and oxygen atoms in total. The Bertz CT molecular complexity index is 1940. The van der Waals surface area contributed by atoms with Gasteiger partial charge in [0.1, 0.15) is 18.1 Å². The lowest BCUT2D eigenvalue weighted by Gasteiger charge is -2.30. The van der Waals surface area contributed by atoms with Crippen LogP contribution >= 0.6 is 11.3 Å². The summed E-state index contributed by atoms with van der Waals surface area (Å²) in [5.41, 5.74) is 7.75. The zero-order chi connectivity index (χ0) is 27.8. The number of hydrogen-bond acceptors (Lipinski definition) is 5. The van der Waals surface area contributed by atoms with E-state index in [4.69, 9.17) is 14.5 Å². The van der Waals surface area contributed by atoms with Crippen LogP contribution in [0.15, 0.2) is 118 Å². The molecule has 0 spiro atoms. The third-order valence-corrected chi connectivity index (χ3v) is 8.71. The number of aryl methyl sites for hydroxylation is 1. The maximum Gasteiger partial charge on any atom is 0.271 e. The predicted octanol–water partition coefficient (Wildman–Crippen LogP) is 5.91. The van der Waals surface area contributed by atoms with Crippen molar-refractivity contribution in [2.24, 2.45) is 4.99 Å². The van der Waals surface area contributed by atoms with Gasteiger partial charge < -0.3 is 9.47 Å². The highest BCUT2D eigenvalue weighted by molar-refractivity contribution is 7.07. The van der Waals surface area contributed by atoms with E-state index < -0.39 is 0 Å². The van der Waals surface area contributed by atoms with Crippen LogP contribution in [0.1, 0.15) is 40.3 Å². The number of ether oxygens (including phenoxy) is 2. The minimum atomic E-state index is -0.212. The van der Waals surface area contributed by atoms with Crippen LogP contribution in [0.4, 0.5) is 0 Å². The second kappa shape index (κ2) is 10.7. The van der Waals surface area contributed by atoms with Gasteiger partial charge in [-0.2, -0.15) is 0 Å². The molecule has 0 bridgehead atoms. The third-order valence-electron chi connectivity index (χ3n) is 7.73. The second-order valence-electron chi connectivity index (χ2n) is 10.2. The molecule has 0 radical (unpaired) electrons. The van der Waals surface area contributed by atoms with E-state index in [1.54, 1.807) is 7.11 Å². The molecule has 5 aromatic rings. The molecule has 7 rings (SSSR count). The van der Waals surface area contributed by atoms with Gasteiger partial charge in [0.15, 0.2) is 4.80 Å². The molecule has 2 heterocycles. The Morgan fingerprint density at radius 3 is 2.39 bits per heavy atom. The van der Waals surface area contributed by atoms with Gasteiger partial charge in [0.2, 0.25) is 0 Å². The highest BCUT2D eigenvalue weighted by Crippen LogP contribution is 2.41. The van der Waals surface area contributed by atoms with Crippen molar-refractivity contribution in [2.75, 3.05) is 7.11 Å². The predicted molar refractivity (Wildman–Crippen MR) is 163 cm³/mol. The zero-order valence-electron chi connectivity index (χ0n) is 22.6. The minimum Gasteiger partial charge on any atom is -0.497 e. The second-order valence-corrected chi connectivity index (χ2v) is 11.2. The summed E-state index contributed by atoms with van der Waals surface area (Å²) in [7, 11) is 1.67. The van der Waals surface area contributed by atoms with Gasteiger partial charge in [-0.05, 0) is 71.0 Å². The van der Waals surface area contributed by atoms with Crippen molar-refractivity contribution in [1.29, 1.82) is 0 Å². The molecule has 4 aromatic carbocycles. The average molecular weight is 557 g/mol. The summed E-state index contributed by atoms with van der Waals surface area (Å²) in [6, 6.07) is 34.3. The molecule has 2 aliphatic rings. The number of hydrogen-bond donors (Lipinski definition) is 0. The van der Waals surface area contributed by atoms with Gasteiger partial charge in [-0.25, -0.2) is 4.99 Å². The number of methoxy groups -OCH3 is 1. The van der Waals surface area contributed by atoms with Crippen LogP contribution in [0.3, 0.4) is 0 Å². The summed E-state index contributed by atoms with van der Waals surface area (Å²) < 4.78 is 13.9. The van der Waals surface area contributed by atoms with Crippen LogP contribution in [0.2, 0.25) is 0 Å². The Morgan fingerprint density at radius 1 is 0.878 bits per heavy atom.